The fourth-order valence-corrected chi connectivity index (χ4v) is 10.4. The van der Waals surface area contributed by atoms with E-state index in [4.69, 9.17) is 44.0 Å². The number of hydrogen-bond acceptors (Lipinski definition) is 22. The van der Waals surface area contributed by atoms with E-state index in [1.807, 2.05) is 0 Å². The van der Waals surface area contributed by atoms with E-state index in [1.54, 1.807) is 0 Å². The Bertz CT molecular complexity index is 2390. The van der Waals surface area contributed by atoms with Gasteiger partial charge in [-0.3, -0.25) is 41.6 Å². The van der Waals surface area contributed by atoms with Crippen LogP contribution in [0.4, 0.5) is 11.8 Å². The van der Waals surface area contributed by atoms with Crippen molar-refractivity contribution in [3.63, 3.8) is 0 Å². The van der Waals surface area contributed by atoms with E-state index >= 15 is 0 Å². The van der Waals surface area contributed by atoms with Gasteiger partial charge in [0.15, 0.2) is 24.0 Å². The third kappa shape index (κ3) is 9.36. The molecule has 2 aliphatic rings. The number of aryl methyl sites for hydroxylation is 1. The van der Waals surface area contributed by atoms with Crippen molar-refractivity contribution >= 4 is 65.2 Å². The predicted molar refractivity (Wildman–Crippen MR) is 183 cm³/mol. The van der Waals surface area contributed by atoms with Gasteiger partial charge in [0, 0.05) is 20.9 Å². The van der Waals surface area contributed by atoms with Crippen molar-refractivity contribution in [2.45, 2.75) is 49.1 Å². The second-order valence-electron chi connectivity index (χ2n) is 12.4. The van der Waals surface area contributed by atoms with Crippen molar-refractivity contribution in [3.8, 4) is 0 Å². The van der Waals surface area contributed by atoms with Gasteiger partial charge in [-0.05, 0) is 0 Å². The number of aromatic nitrogens is 8. The lowest BCUT2D eigenvalue weighted by Gasteiger charge is -2.27. The average Bonchev–Trinajstić information content (AvgIpc) is 3.83. The summed E-state index contributed by atoms with van der Waals surface area (Å²) in [5, 5.41) is 11.0. The van der Waals surface area contributed by atoms with Crippen LogP contribution in [0.1, 0.15) is 12.5 Å². The number of methoxy groups -OCH3 is 2. The number of nitrogen functional groups attached to an aromatic ring is 2. The van der Waals surface area contributed by atoms with E-state index < -0.39 is 98.9 Å². The molecule has 0 aliphatic carbocycles. The normalized spacial score (nSPS) is 29.6. The Hall–Kier alpha value is -3.14. The summed E-state index contributed by atoms with van der Waals surface area (Å²) in [6.07, 6.45) is -7.44. The minimum atomic E-state index is -6.26. The zero-order valence-electron chi connectivity index (χ0n) is 29.8. The third-order valence-electron chi connectivity index (χ3n) is 8.39. The number of nitrogens with two attached hydrogens (primary N) is 2. The van der Waals surface area contributed by atoms with Crippen LogP contribution in [0.25, 0.3) is 22.3 Å². The van der Waals surface area contributed by atoms with Crippen LogP contribution in [0.2, 0.25) is 0 Å². The molecule has 6 heterocycles. The summed E-state index contributed by atoms with van der Waals surface area (Å²) in [6, 6.07) is 0. The van der Waals surface area contributed by atoms with Gasteiger partial charge < -0.3 is 55.1 Å². The van der Waals surface area contributed by atoms with Crippen molar-refractivity contribution in [1.29, 1.82) is 0 Å². The Morgan fingerprint density at radius 3 is 2.18 bits per heavy atom. The summed E-state index contributed by atoms with van der Waals surface area (Å²) < 4.78 is 99.6. The van der Waals surface area contributed by atoms with E-state index in [0.29, 0.717) is 0 Å². The van der Waals surface area contributed by atoms with E-state index in [0.717, 1.165) is 20.1 Å². The zero-order chi connectivity index (χ0) is 41.8. The first-order valence-corrected chi connectivity index (χ1v) is 22.4. The van der Waals surface area contributed by atoms with Crippen LogP contribution in [-0.4, -0.2) is 125 Å². The van der Waals surface area contributed by atoms with Crippen LogP contribution in [0.5, 0.6) is 0 Å². The fraction of sp³-hybridized carbons (Fsp3) is 0.583. The predicted octanol–water partition coefficient (Wildman–Crippen LogP) is -2.32. The SMILES string of the molecule is CO[C@@H]1[C@H](OP(C)(=O)O)[C@@H](COP(=O)(O)OP(=O)([O-])OP(=O)(O)OC[C@H]2O[C@@H]([n+]3cn(C)c4c(=O)[nH]c(N)nc43)[C@H](O)[C@@H]2OC)O[C@H]1n1cnc2c(N)ncnc21. The molecule has 9 N–H and O–H groups in total. The third-order valence-corrected chi connectivity index (χ3v) is 13.2. The number of hydrogen-bond donors (Lipinski definition) is 7. The maximum Gasteiger partial charge on any atom is 0.478 e. The summed E-state index contributed by atoms with van der Waals surface area (Å²) in [7, 11) is -18.3. The number of aliphatic hydroxyl groups is 1. The molecule has 0 aromatic carbocycles. The molecule has 4 aromatic rings. The molecule has 0 saturated carbocycles. The number of fused-ring (bicyclic) bond motifs is 2. The summed E-state index contributed by atoms with van der Waals surface area (Å²) in [5.74, 6) is -0.246. The van der Waals surface area contributed by atoms with Crippen LogP contribution >= 0.6 is 31.1 Å². The molecule has 4 aromatic heterocycles. The molecule has 6 rings (SSSR count). The van der Waals surface area contributed by atoms with E-state index in [-0.39, 0.29) is 34.1 Å². The highest BCUT2D eigenvalue weighted by Gasteiger charge is 2.51. The Kier molecular flexibility index (Phi) is 12.3. The summed E-state index contributed by atoms with van der Waals surface area (Å²) >= 11 is 0. The molecule has 316 valence electrons. The van der Waals surface area contributed by atoms with Crippen LogP contribution < -0.4 is 26.5 Å². The largest absolute Gasteiger partial charge is 0.756 e. The van der Waals surface area contributed by atoms with E-state index in [1.165, 1.54) is 40.5 Å². The molecule has 2 fully saturated rings. The number of nitrogens with one attached hydrogen (secondary N) is 1. The monoisotopic (exact) mass is 892 g/mol. The molecule has 0 radical (unpaired) electrons. The number of rotatable bonds is 16. The van der Waals surface area contributed by atoms with Gasteiger partial charge >= 0.3 is 28.9 Å². The Morgan fingerprint density at radius 1 is 0.965 bits per heavy atom. The maximum atomic E-state index is 12.8. The zero-order valence-corrected chi connectivity index (χ0v) is 33.3. The highest BCUT2D eigenvalue weighted by molar-refractivity contribution is 7.66. The highest BCUT2D eigenvalue weighted by Crippen LogP contribution is 2.66. The first-order valence-electron chi connectivity index (χ1n) is 15.9. The van der Waals surface area contributed by atoms with Crippen LogP contribution in [0, 0.1) is 0 Å². The minimum Gasteiger partial charge on any atom is -0.756 e. The molecular weight excluding hydrogens is 856 g/mol. The molecule has 4 unspecified atom stereocenters. The van der Waals surface area contributed by atoms with Gasteiger partial charge in [-0.1, -0.05) is 4.98 Å². The maximum absolute atomic E-state index is 12.8. The molecule has 57 heavy (non-hydrogen) atoms. The van der Waals surface area contributed by atoms with Crippen molar-refractivity contribution in [3.05, 3.63) is 29.3 Å². The van der Waals surface area contributed by atoms with Gasteiger partial charge in [-0.2, -0.15) is 0 Å². The van der Waals surface area contributed by atoms with Crippen LogP contribution in [0.3, 0.4) is 0 Å². The Balaban J connectivity index is 1.10. The minimum absolute atomic E-state index is 0.00514. The molecule has 2 aliphatic heterocycles. The summed E-state index contributed by atoms with van der Waals surface area (Å²) in [5.41, 5.74) is 11.2. The molecular formula is C24H36N10O19P4. The number of phosphoric acid groups is 3. The molecule has 0 amide bonds. The van der Waals surface area contributed by atoms with Gasteiger partial charge in [0.05, 0.1) is 26.6 Å². The van der Waals surface area contributed by atoms with Gasteiger partial charge in [-0.25, -0.2) is 37.3 Å². The first kappa shape index (κ1) is 43.4. The standard InChI is InChI=1S/C24H36N10O19P4/c1-32-9-34(20-13(32)21(36)31-24(26)30-20)22-14(35)15(45-2)10(49-22)5-47-55(39,40)52-57(43,44)53-56(41,42)48-6-11-16(51-54(4,37)38)17(46-3)23(50-11)33-8-29-12-18(25)27-7-28-19(12)33/h7-11,14-17,22-23,35H,5-6H2,1-4H3,(H8-,25,26,27,28,30,31,36,37,38,39,40,41,42,43,44)/t10-,11-,14-,15-,16-,17-,22-,23-/m1/s1. The van der Waals surface area contributed by atoms with Crippen molar-refractivity contribution in [1.82, 2.24) is 34.1 Å². The average molecular weight is 892 g/mol. The number of imidazole rings is 2. The fourth-order valence-electron chi connectivity index (χ4n) is 6.21. The van der Waals surface area contributed by atoms with Gasteiger partial charge in [-0.15, -0.1) is 0 Å². The quantitative estimate of drug-likeness (QED) is 0.0458. The Morgan fingerprint density at radius 2 is 1.58 bits per heavy atom. The number of ether oxygens (including phenoxy) is 4. The molecule has 12 atom stereocenters. The van der Waals surface area contributed by atoms with Crippen molar-refractivity contribution in [2.24, 2.45) is 7.05 Å². The topological polar surface area (TPSA) is 406 Å². The number of aliphatic hydroxyl groups excluding tert-OH is 1. The van der Waals surface area contributed by atoms with Gasteiger partial charge in [0.1, 0.15) is 48.5 Å². The lowest BCUT2D eigenvalue weighted by Crippen LogP contribution is -2.46. The number of phosphoric ester groups is 2. The van der Waals surface area contributed by atoms with E-state index in [2.05, 4.69) is 33.5 Å². The lowest BCUT2D eigenvalue weighted by atomic mass is 10.1. The number of anilines is 2. The smallest absolute Gasteiger partial charge is 0.478 e. The van der Waals surface area contributed by atoms with Crippen LogP contribution in [0.15, 0.2) is 23.8 Å². The molecule has 29 nitrogen and oxygen atoms in total. The first-order chi connectivity index (χ1) is 26.5. The number of aromatic amines is 1. The molecule has 2 saturated heterocycles. The summed E-state index contributed by atoms with van der Waals surface area (Å²) in [6.45, 7) is -1.21. The van der Waals surface area contributed by atoms with Gasteiger partial charge in [0.2, 0.25) is 11.7 Å². The van der Waals surface area contributed by atoms with Crippen LogP contribution in [-0.2, 0) is 66.4 Å². The molecule has 0 spiro atoms. The van der Waals surface area contributed by atoms with Crippen molar-refractivity contribution < 1.29 is 88.6 Å². The summed E-state index contributed by atoms with van der Waals surface area (Å²) in [4.78, 5) is 73.9. The van der Waals surface area contributed by atoms with E-state index in [9.17, 15) is 47.7 Å². The highest BCUT2D eigenvalue weighted by atomic mass is 31.3. The van der Waals surface area contributed by atoms with Gasteiger partial charge in [0.25, 0.3) is 19.3 Å². The molecule has 33 heteroatoms. The number of nitrogens with zero attached hydrogens (tertiary/aromatic N) is 7. The second kappa shape index (κ2) is 16.1. The second-order valence-corrected chi connectivity index (χ2v) is 18.8. The molecule has 0 bridgehead atoms. The Labute approximate surface area is 318 Å². The lowest BCUT2D eigenvalue weighted by molar-refractivity contribution is -0.745. The van der Waals surface area contributed by atoms with Crippen molar-refractivity contribution in [2.75, 3.05) is 45.6 Å². The number of H-pyrrole nitrogens is 1.